The van der Waals surface area contributed by atoms with Crippen molar-refractivity contribution in [3.05, 3.63) is 71.9 Å². The maximum absolute atomic E-state index is 13.0. The van der Waals surface area contributed by atoms with Crippen LogP contribution in [0.1, 0.15) is 11.3 Å². The molecule has 0 amide bonds. The molecule has 0 spiro atoms. The van der Waals surface area contributed by atoms with Crippen molar-refractivity contribution in [2.75, 3.05) is 70.7 Å². The summed E-state index contributed by atoms with van der Waals surface area (Å²) in [6.07, 6.45) is 0. The Labute approximate surface area is 257 Å². The van der Waals surface area contributed by atoms with Gasteiger partial charge >= 0.3 is 0 Å². The quantitative estimate of drug-likeness (QED) is 0.223. The van der Waals surface area contributed by atoms with Gasteiger partial charge in [0, 0.05) is 55.9 Å². The second-order valence-electron chi connectivity index (χ2n) is 10.7. The highest BCUT2D eigenvalue weighted by Crippen LogP contribution is 2.38. The van der Waals surface area contributed by atoms with Crippen LogP contribution in [-0.4, -0.2) is 98.9 Å². The number of ether oxygens (including phenoxy) is 1. The number of likely N-dealkylation sites (N-methyl/N-ethyl adjacent to an activating group) is 1. The standard InChI is InChI=1S/C30H38N8O3S2/c1-22-20-26(35-34-22)31-28-27(41-4)29(38-18-16-37(17-19-38)15-14-36(2)3)33-30(32-28)42-24-10-12-25(13-11-24)43(39,40)21-23-8-6-5-7-9-23/h5-13,20H,14-19,21H2,1-4H3,(H2,31,32,33,34,35). The van der Waals surface area contributed by atoms with Crippen molar-refractivity contribution in [3.8, 4) is 5.75 Å². The van der Waals surface area contributed by atoms with Crippen LogP contribution < -0.4 is 15.0 Å². The second kappa shape index (κ2) is 13.8. The first-order valence-electron chi connectivity index (χ1n) is 14.1. The third-order valence-corrected chi connectivity index (χ3v) is 9.69. The molecule has 1 fully saturated rings. The fourth-order valence-corrected chi connectivity index (χ4v) is 6.88. The van der Waals surface area contributed by atoms with Crippen LogP contribution in [0.4, 0.5) is 17.5 Å². The predicted molar refractivity (Wildman–Crippen MR) is 170 cm³/mol. The number of benzene rings is 2. The van der Waals surface area contributed by atoms with Gasteiger partial charge in [-0.05, 0) is 62.6 Å². The van der Waals surface area contributed by atoms with E-state index in [9.17, 15) is 8.42 Å². The number of H-pyrrole nitrogens is 1. The fourth-order valence-electron chi connectivity index (χ4n) is 4.78. The Morgan fingerprint density at radius 3 is 2.37 bits per heavy atom. The van der Waals surface area contributed by atoms with Crippen LogP contribution in [-0.2, 0) is 15.6 Å². The molecule has 2 N–H and O–H groups in total. The van der Waals surface area contributed by atoms with E-state index in [1.165, 1.54) is 11.8 Å². The van der Waals surface area contributed by atoms with Crippen LogP contribution in [0.25, 0.3) is 0 Å². The van der Waals surface area contributed by atoms with E-state index in [0.29, 0.717) is 28.4 Å². The Bertz CT molecular complexity index is 1600. The highest BCUT2D eigenvalue weighted by molar-refractivity contribution is 7.99. The lowest BCUT2D eigenvalue weighted by Crippen LogP contribution is -2.48. The molecule has 2 aromatic heterocycles. The Kier molecular flexibility index (Phi) is 9.86. The van der Waals surface area contributed by atoms with E-state index in [4.69, 9.17) is 14.7 Å². The zero-order valence-electron chi connectivity index (χ0n) is 24.9. The van der Waals surface area contributed by atoms with Crippen molar-refractivity contribution in [1.29, 1.82) is 0 Å². The van der Waals surface area contributed by atoms with Crippen LogP contribution in [0.3, 0.4) is 0 Å². The number of nitrogens with zero attached hydrogens (tertiary/aromatic N) is 6. The van der Waals surface area contributed by atoms with Gasteiger partial charge in [-0.25, -0.2) is 18.4 Å². The number of nitrogens with one attached hydrogen (secondary N) is 2. The number of aromatic nitrogens is 4. The number of aromatic amines is 1. The summed E-state index contributed by atoms with van der Waals surface area (Å²) < 4.78 is 31.9. The van der Waals surface area contributed by atoms with E-state index in [1.54, 1.807) is 31.4 Å². The van der Waals surface area contributed by atoms with Crippen molar-refractivity contribution in [3.63, 3.8) is 0 Å². The minimum absolute atomic E-state index is 0.0462. The van der Waals surface area contributed by atoms with Gasteiger partial charge in [-0.15, -0.1) is 0 Å². The van der Waals surface area contributed by atoms with Gasteiger partial charge in [0.1, 0.15) is 0 Å². The third-order valence-electron chi connectivity index (χ3n) is 7.11. The molecule has 0 atom stereocenters. The van der Waals surface area contributed by atoms with Gasteiger partial charge in [0.2, 0.25) is 5.75 Å². The molecule has 1 aliphatic rings. The molecule has 0 bridgehead atoms. The zero-order valence-corrected chi connectivity index (χ0v) is 26.6. The Morgan fingerprint density at radius 1 is 1.02 bits per heavy atom. The average molecular weight is 623 g/mol. The van der Waals surface area contributed by atoms with E-state index in [-0.39, 0.29) is 10.6 Å². The lowest BCUT2D eigenvalue weighted by molar-refractivity contribution is 0.228. The lowest BCUT2D eigenvalue weighted by atomic mass is 10.2. The zero-order chi connectivity index (χ0) is 30.4. The monoisotopic (exact) mass is 622 g/mol. The average Bonchev–Trinajstić information content (AvgIpc) is 3.41. The molecule has 1 aliphatic heterocycles. The molecule has 2 aromatic carbocycles. The number of hydrogen-bond acceptors (Lipinski definition) is 11. The first-order valence-corrected chi connectivity index (χ1v) is 16.6. The van der Waals surface area contributed by atoms with Gasteiger partial charge in [0.05, 0.1) is 17.8 Å². The van der Waals surface area contributed by atoms with E-state index in [2.05, 4.69) is 44.3 Å². The molecule has 3 heterocycles. The van der Waals surface area contributed by atoms with Gasteiger partial charge in [0.15, 0.2) is 32.4 Å². The Balaban J connectivity index is 1.39. The van der Waals surface area contributed by atoms with E-state index in [1.807, 2.05) is 43.3 Å². The first kappa shape index (κ1) is 30.8. The summed E-state index contributed by atoms with van der Waals surface area (Å²) in [5.74, 6) is 2.35. The molecule has 0 unspecified atom stereocenters. The largest absolute Gasteiger partial charge is 0.490 e. The van der Waals surface area contributed by atoms with Gasteiger partial charge < -0.3 is 19.9 Å². The third kappa shape index (κ3) is 8.05. The van der Waals surface area contributed by atoms with Crippen LogP contribution in [0.15, 0.2) is 75.6 Å². The number of aryl methyl sites for hydroxylation is 1. The minimum atomic E-state index is -3.48. The van der Waals surface area contributed by atoms with Crippen LogP contribution in [0.5, 0.6) is 5.75 Å². The predicted octanol–water partition coefficient (Wildman–Crippen LogP) is 4.07. The molecule has 0 saturated carbocycles. The van der Waals surface area contributed by atoms with Crippen molar-refractivity contribution < 1.29 is 13.2 Å². The summed E-state index contributed by atoms with van der Waals surface area (Å²) in [6.45, 7) is 7.42. The van der Waals surface area contributed by atoms with Crippen molar-refractivity contribution in [1.82, 2.24) is 30.0 Å². The number of hydrogen-bond donors (Lipinski definition) is 2. The highest BCUT2D eigenvalue weighted by Gasteiger charge is 2.25. The van der Waals surface area contributed by atoms with Crippen LogP contribution in [0.2, 0.25) is 0 Å². The summed E-state index contributed by atoms with van der Waals surface area (Å²) in [5, 5.41) is 11.1. The van der Waals surface area contributed by atoms with Crippen LogP contribution in [0, 0.1) is 6.92 Å². The molecule has 13 heteroatoms. The van der Waals surface area contributed by atoms with E-state index >= 15 is 0 Å². The van der Waals surface area contributed by atoms with Gasteiger partial charge in [0.25, 0.3) is 0 Å². The van der Waals surface area contributed by atoms with E-state index in [0.717, 1.165) is 55.4 Å². The van der Waals surface area contributed by atoms with Crippen molar-refractivity contribution in [2.45, 2.75) is 27.6 Å². The number of anilines is 3. The Hall–Kier alpha value is -3.65. The van der Waals surface area contributed by atoms with Gasteiger partial charge in [-0.3, -0.25) is 10.00 Å². The normalized spacial score (nSPS) is 14.3. The van der Waals surface area contributed by atoms with Crippen molar-refractivity contribution >= 4 is 39.1 Å². The van der Waals surface area contributed by atoms with Gasteiger partial charge in [-0.1, -0.05) is 30.3 Å². The molecule has 43 heavy (non-hydrogen) atoms. The summed E-state index contributed by atoms with van der Waals surface area (Å²) in [6, 6.07) is 18.0. The topological polar surface area (TPSA) is 120 Å². The molecular weight excluding hydrogens is 585 g/mol. The second-order valence-corrected chi connectivity index (χ2v) is 13.8. The van der Waals surface area contributed by atoms with E-state index < -0.39 is 9.84 Å². The van der Waals surface area contributed by atoms with Gasteiger partial charge in [-0.2, -0.15) is 5.10 Å². The first-order chi connectivity index (χ1) is 20.7. The molecular formula is C30H38N8O3S2. The lowest BCUT2D eigenvalue weighted by Gasteiger charge is -2.36. The molecule has 11 nitrogen and oxygen atoms in total. The smallest absolute Gasteiger partial charge is 0.204 e. The summed E-state index contributed by atoms with van der Waals surface area (Å²) >= 11 is 1.37. The molecule has 1 saturated heterocycles. The highest BCUT2D eigenvalue weighted by atomic mass is 32.2. The SMILES string of the molecule is COc1c(Nc2cc(C)[nH]n2)nc(Sc2ccc(S(=O)(=O)Cc3ccccc3)cc2)nc1N1CCN(CCN(C)C)CC1. The minimum Gasteiger partial charge on any atom is -0.490 e. The van der Waals surface area contributed by atoms with Crippen molar-refractivity contribution in [2.24, 2.45) is 0 Å². The number of methoxy groups -OCH3 is 1. The molecule has 0 aliphatic carbocycles. The number of sulfone groups is 1. The number of rotatable bonds is 12. The van der Waals surface area contributed by atoms with Crippen LogP contribution >= 0.6 is 11.8 Å². The fraction of sp³-hybridized carbons (Fsp3) is 0.367. The summed E-state index contributed by atoms with van der Waals surface area (Å²) in [5.41, 5.74) is 1.67. The molecule has 0 radical (unpaired) electrons. The summed E-state index contributed by atoms with van der Waals surface area (Å²) in [4.78, 5) is 17.7. The molecule has 4 aromatic rings. The number of piperazine rings is 1. The Morgan fingerprint density at radius 2 is 1.74 bits per heavy atom. The maximum atomic E-state index is 13.0. The molecule has 228 valence electrons. The maximum Gasteiger partial charge on any atom is 0.204 e. The summed E-state index contributed by atoms with van der Waals surface area (Å²) in [7, 11) is 2.33. The molecule has 5 rings (SSSR count).